The molecule has 4 rings (SSSR count). The molecular formula is C22H17ClN4O2S. The Kier molecular flexibility index (Phi) is 6.11. The first-order chi connectivity index (χ1) is 14.6. The third-order valence-electron chi connectivity index (χ3n) is 4.36. The van der Waals surface area contributed by atoms with Crippen molar-refractivity contribution in [1.29, 1.82) is 0 Å². The summed E-state index contributed by atoms with van der Waals surface area (Å²) in [5.41, 5.74) is 1.90. The van der Waals surface area contributed by atoms with Crippen LogP contribution in [0.4, 0.5) is 0 Å². The molecular weight excluding hydrogens is 420 g/mol. The lowest BCUT2D eigenvalue weighted by atomic mass is 10.2. The second-order valence-corrected chi connectivity index (χ2v) is 7.84. The highest BCUT2D eigenvalue weighted by molar-refractivity contribution is 7.99. The average molecular weight is 437 g/mol. The first kappa shape index (κ1) is 20.1. The molecule has 1 N–H and O–H groups in total. The fourth-order valence-corrected chi connectivity index (χ4v) is 4.01. The van der Waals surface area contributed by atoms with Gasteiger partial charge >= 0.3 is 0 Å². The maximum Gasteiger partial charge on any atom is 0.266 e. The van der Waals surface area contributed by atoms with Crippen molar-refractivity contribution < 1.29 is 4.79 Å². The van der Waals surface area contributed by atoms with Gasteiger partial charge in [-0.15, -0.1) is 0 Å². The molecule has 0 bridgehead atoms. The molecule has 150 valence electrons. The summed E-state index contributed by atoms with van der Waals surface area (Å²) in [6, 6.07) is 18.0. The van der Waals surface area contributed by atoms with Crippen molar-refractivity contribution in [1.82, 2.24) is 19.9 Å². The van der Waals surface area contributed by atoms with E-state index in [0.29, 0.717) is 33.3 Å². The minimum atomic E-state index is -0.199. The zero-order valence-electron chi connectivity index (χ0n) is 15.8. The first-order valence-electron chi connectivity index (χ1n) is 9.18. The molecule has 4 aromatic rings. The van der Waals surface area contributed by atoms with E-state index in [4.69, 9.17) is 11.6 Å². The second kappa shape index (κ2) is 9.11. The molecule has 0 spiro atoms. The molecule has 0 fully saturated rings. The number of thioether (sulfide) groups is 1. The van der Waals surface area contributed by atoms with Gasteiger partial charge in [-0.3, -0.25) is 19.1 Å². The van der Waals surface area contributed by atoms with E-state index in [2.05, 4.69) is 15.3 Å². The molecule has 0 atom stereocenters. The quantitative estimate of drug-likeness (QED) is 0.367. The first-order valence-corrected chi connectivity index (χ1v) is 10.5. The molecule has 0 saturated heterocycles. The number of hydrogen-bond acceptors (Lipinski definition) is 5. The van der Waals surface area contributed by atoms with Gasteiger partial charge in [0.25, 0.3) is 5.56 Å². The van der Waals surface area contributed by atoms with Gasteiger partial charge in [0.1, 0.15) is 0 Å². The number of amides is 1. The van der Waals surface area contributed by atoms with Crippen LogP contribution in [0.1, 0.15) is 5.56 Å². The number of nitrogens with zero attached hydrogens (tertiary/aromatic N) is 3. The predicted octanol–water partition coefficient (Wildman–Crippen LogP) is 3.84. The van der Waals surface area contributed by atoms with Gasteiger partial charge in [0, 0.05) is 17.8 Å². The number of hydrogen-bond donors (Lipinski definition) is 1. The predicted molar refractivity (Wildman–Crippen MR) is 119 cm³/mol. The molecule has 1 amide bonds. The van der Waals surface area contributed by atoms with Crippen molar-refractivity contribution in [3.8, 4) is 5.69 Å². The van der Waals surface area contributed by atoms with Gasteiger partial charge in [-0.1, -0.05) is 47.6 Å². The lowest BCUT2D eigenvalue weighted by Gasteiger charge is -2.13. The van der Waals surface area contributed by atoms with Crippen LogP contribution in [0.25, 0.3) is 16.6 Å². The molecule has 2 aromatic heterocycles. The molecule has 0 saturated carbocycles. The van der Waals surface area contributed by atoms with E-state index < -0.39 is 0 Å². The van der Waals surface area contributed by atoms with E-state index in [1.807, 2.05) is 18.2 Å². The Labute approximate surface area is 181 Å². The van der Waals surface area contributed by atoms with Crippen LogP contribution >= 0.6 is 23.4 Å². The van der Waals surface area contributed by atoms with E-state index in [9.17, 15) is 9.59 Å². The average Bonchev–Trinajstić information content (AvgIpc) is 2.77. The highest BCUT2D eigenvalue weighted by atomic mass is 35.5. The van der Waals surface area contributed by atoms with Crippen molar-refractivity contribution >= 4 is 40.2 Å². The fourth-order valence-electron chi connectivity index (χ4n) is 2.95. The number of halogens is 1. The minimum absolute atomic E-state index is 0.117. The SMILES string of the molecule is O=C(CSc1nc2ccccc2c(=O)n1-c1cccnc1)NCc1cccc(Cl)c1. The number of pyridine rings is 1. The van der Waals surface area contributed by atoms with Crippen LogP contribution in [-0.4, -0.2) is 26.2 Å². The maximum atomic E-state index is 13.1. The number of benzene rings is 2. The summed E-state index contributed by atoms with van der Waals surface area (Å²) in [7, 11) is 0. The summed E-state index contributed by atoms with van der Waals surface area (Å²) in [6.45, 7) is 0.376. The molecule has 0 aliphatic carbocycles. The van der Waals surface area contributed by atoms with Crippen LogP contribution in [0.3, 0.4) is 0 Å². The van der Waals surface area contributed by atoms with Crippen LogP contribution in [-0.2, 0) is 11.3 Å². The van der Waals surface area contributed by atoms with Gasteiger partial charge in [-0.2, -0.15) is 0 Å². The van der Waals surface area contributed by atoms with Crippen molar-refractivity contribution in [2.24, 2.45) is 0 Å². The van der Waals surface area contributed by atoms with Gasteiger partial charge in [-0.25, -0.2) is 4.98 Å². The van der Waals surface area contributed by atoms with Gasteiger partial charge in [0.05, 0.1) is 28.5 Å². The number of nitrogens with one attached hydrogen (secondary N) is 1. The van der Waals surface area contributed by atoms with Gasteiger partial charge in [0.2, 0.25) is 5.91 Å². The standard InChI is InChI=1S/C22H17ClN4O2S/c23-16-6-3-5-15(11-16)12-25-20(28)14-30-22-26-19-9-2-1-8-18(19)21(29)27(22)17-7-4-10-24-13-17/h1-11,13H,12,14H2,(H,25,28). The largest absolute Gasteiger partial charge is 0.351 e. The molecule has 0 radical (unpaired) electrons. The highest BCUT2D eigenvalue weighted by Crippen LogP contribution is 2.21. The molecule has 8 heteroatoms. The number of carbonyl (C=O) groups is 1. The third kappa shape index (κ3) is 4.53. The van der Waals surface area contributed by atoms with Crippen LogP contribution in [0.5, 0.6) is 0 Å². The Morgan fingerprint density at radius 3 is 2.77 bits per heavy atom. The van der Waals surface area contributed by atoms with Gasteiger partial charge < -0.3 is 5.32 Å². The van der Waals surface area contributed by atoms with Gasteiger partial charge in [-0.05, 0) is 42.0 Å². The Hall–Kier alpha value is -3.16. The maximum absolute atomic E-state index is 13.1. The Bertz CT molecular complexity index is 1260. The van der Waals surface area contributed by atoms with Gasteiger partial charge in [0.15, 0.2) is 5.16 Å². The van der Waals surface area contributed by atoms with Crippen LogP contribution in [0.2, 0.25) is 5.02 Å². The van der Waals surface area contributed by atoms with E-state index >= 15 is 0 Å². The topological polar surface area (TPSA) is 76.9 Å². The monoisotopic (exact) mass is 436 g/mol. The Balaban J connectivity index is 1.57. The van der Waals surface area contributed by atoms with E-state index in [1.165, 1.54) is 16.3 Å². The lowest BCUT2D eigenvalue weighted by Crippen LogP contribution is -2.26. The van der Waals surface area contributed by atoms with Crippen molar-refractivity contribution in [2.45, 2.75) is 11.7 Å². The number of fused-ring (bicyclic) bond motifs is 1. The molecule has 0 unspecified atom stereocenters. The smallest absolute Gasteiger partial charge is 0.266 e. The van der Waals surface area contributed by atoms with Crippen molar-refractivity contribution in [2.75, 3.05) is 5.75 Å². The summed E-state index contributed by atoms with van der Waals surface area (Å²) in [5.74, 6) is -0.0499. The van der Waals surface area contributed by atoms with E-state index in [0.717, 1.165) is 5.56 Å². The zero-order valence-corrected chi connectivity index (χ0v) is 17.4. The molecule has 2 heterocycles. The summed E-state index contributed by atoms with van der Waals surface area (Å²) in [6.07, 6.45) is 3.24. The Morgan fingerprint density at radius 2 is 1.97 bits per heavy atom. The van der Waals surface area contributed by atoms with Crippen LogP contribution < -0.4 is 10.9 Å². The summed E-state index contributed by atoms with van der Waals surface area (Å²) in [5, 5.41) is 4.43. The van der Waals surface area contributed by atoms with Crippen LogP contribution in [0, 0.1) is 0 Å². The number of aromatic nitrogens is 3. The minimum Gasteiger partial charge on any atom is -0.351 e. The van der Waals surface area contributed by atoms with E-state index in [-0.39, 0.29) is 17.2 Å². The summed E-state index contributed by atoms with van der Waals surface area (Å²) in [4.78, 5) is 34.2. The lowest BCUT2D eigenvalue weighted by molar-refractivity contribution is -0.118. The van der Waals surface area contributed by atoms with Crippen molar-refractivity contribution in [3.63, 3.8) is 0 Å². The van der Waals surface area contributed by atoms with Crippen molar-refractivity contribution in [3.05, 3.63) is 94.0 Å². The summed E-state index contributed by atoms with van der Waals surface area (Å²) < 4.78 is 1.49. The third-order valence-corrected chi connectivity index (χ3v) is 5.53. The second-order valence-electron chi connectivity index (χ2n) is 6.46. The molecule has 6 nitrogen and oxygen atoms in total. The zero-order chi connectivity index (χ0) is 20.9. The highest BCUT2D eigenvalue weighted by Gasteiger charge is 2.14. The normalized spacial score (nSPS) is 10.8. The number of rotatable bonds is 6. The van der Waals surface area contributed by atoms with E-state index in [1.54, 1.807) is 54.9 Å². The molecule has 30 heavy (non-hydrogen) atoms. The molecule has 2 aromatic carbocycles. The fraction of sp³-hybridized carbons (Fsp3) is 0.0909. The number of para-hydroxylation sites is 1. The number of carbonyl (C=O) groups excluding carboxylic acids is 1. The molecule has 0 aliphatic heterocycles. The Morgan fingerprint density at radius 1 is 1.10 bits per heavy atom. The molecule has 0 aliphatic rings. The summed E-state index contributed by atoms with van der Waals surface area (Å²) >= 11 is 7.18. The van der Waals surface area contributed by atoms with Crippen LogP contribution in [0.15, 0.2) is 83.0 Å².